The van der Waals surface area contributed by atoms with E-state index in [1.165, 1.54) is 0 Å². The first kappa shape index (κ1) is 24.8. The number of hydrogen-bond acceptors (Lipinski definition) is 8. The van der Waals surface area contributed by atoms with Gasteiger partial charge in [-0.3, -0.25) is 9.59 Å². The molecule has 0 saturated heterocycles. The van der Waals surface area contributed by atoms with Crippen molar-refractivity contribution in [1.82, 2.24) is 0 Å². The fraction of sp³-hybridized carbons (Fsp3) is 0.889. The molecule has 0 atom stereocenters. The van der Waals surface area contributed by atoms with Gasteiger partial charge in [0.25, 0.3) is 0 Å². The third-order valence-electron chi connectivity index (χ3n) is 3.36. The lowest BCUT2D eigenvalue weighted by Gasteiger charge is -2.06. The Kier molecular flexibility index (Phi) is 19.2. The molecule has 0 radical (unpaired) electrons. The van der Waals surface area contributed by atoms with Gasteiger partial charge in [-0.05, 0) is 12.8 Å². The molecular formula is C18H34O8. The monoisotopic (exact) mass is 378 g/mol. The number of methoxy groups -OCH3 is 2. The molecule has 0 aromatic heterocycles. The van der Waals surface area contributed by atoms with Gasteiger partial charge in [-0.2, -0.15) is 0 Å². The summed E-state index contributed by atoms with van der Waals surface area (Å²) >= 11 is 0. The van der Waals surface area contributed by atoms with Gasteiger partial charge in [0.15, 0.2) is 0 Å². The summed E-state index contributed by atoms with van der Waals surface area (Å²) in [5.74, 6) is -0.429. The highest BCUT2D eigenvalue weighted by Crippen LogP contribution is 2.07. The minimum absolute atomic E-state index is 0.215. The van der Waals surface area contributed by atoms with Crippen molar-refractivity contribution in [2.45, 2.75) is 38.5 Å². The highest BCUT2D eigenvalue weighted by atomic mass is 16.6. The number of carbonyl (C=O) groups excluding carboxylic acids is 2. The van der Waals surface area contributed by atoms with E-state index in [0.29, 0.717) is 52.5 Å². The van der Waals surface area contributed by atoms with Crippen LogP contribution in [0.1, 0.15) is 38.5 Å². The fourth-order valence-corrected chi connectivity index (χ4v) is 1.95. The second-order valence-corrected chi connectivity index (χ2v) is 5.57. The smallest absolute Gasteiger partial charge is 0.305 e. The van der Waals surface area contributed by atoms with Crippen molar-refractivity contribution < 1.29 is 38.0 Å². The predicted octanol–water partition coefficient (Wildman–Crippen LogP) is 1.74. The second-order valence-electron chi connectivity index (χ2n) is 5.57. The van der Waals surface area contributed by atoms with Crippen molar-refractivity contribution >= 4 is 11.9 Å². The number of rotatable bonds is 19. The minimum atomic E-state index is -0.215. The number of esters is 2. The largest absolute Gasteiger partial charge is 0.463 e. The van der Waals surface area contributed by atoms with Gasteiger partial charge < -0.3 is 28.4 Å². The molecule has 0 saturated carbocycles. The molecule has 8 nitrogen and oxygen atoms in total. The van der Waals surface area contributed by atoms with E-state index in [1.807, 2.05) is 0 Å². The van der Waals surface area contributed by atoms with Crippen molar-refractivity contribution in [3.63, 3.8) is 0 Å². The third kappa shape index (κ3) is 19.1. The maximum absolute atomic E-state index is 11.5. The van der Waals surface area contributed by atoms with Crippen molar-refractivity contribution in [2.75, 3.05) is 67.1 Å². The summed E-state index contributed by atoms with van der Waals surface area (Å²) < 4.78 is 30.2. The lowest BCUT2D eigenvalue weighted by atomic mass is 10.1. The quantitative estimate of drug-likeness (QED) is 0.248. The van der Waals surface area contributed by atoms with Crippen LogP contribution in [0.2, 0.25) is 0 Å². The fourth-order valence-electron chi connectivity index (χ4n) is 1.95. The van der Waals surface area contributed by atoms with E-state index in [0.717, 1.165) is 25.7 Å². The molecule has 0 rings (SSSR count). The molecule has 0 heterocycles. The Morgan fingerprint density at radius 1 is 0.538 bits per heavy atom. The van der Waals surface area contributed by atoms with Crippen LogP contribution in [0.4, 0.5) is 0 Å². The summed E-state index contributed by atoms with van der Waals surface area (Å²) in [5, 5.41) is 0. The lowest BCUT2D eigenvalue weighted by molar-refractivity contribution is -0.146. The summed E-state index contributed by atoms with van der Waals surface area (Å²) in [7, 11) is 3.21. The summed E-state index contributed by atoms with van der Waals surface area (Å²) in [6, 6.07) is 0. The summed E-state index contributed by atoms with van der Waals surface area (Å²) in [6.45, 7) is 3.36. The molecule has 0 amide bonds. The van der Waals surface area contributed by atoms with Gasteiger partial charge in [-0.15, -0.1) is 0 Å². The Bertz CT molecular complexity index is 303. The SMILES string of the molecule is COCCOCCOC(=O)CCCCCCC(=O)OCCOCCOC. The predicted molar refractivity (Wildman–Crippen MR) is 95.0 cm³/mol. The van der Waals surface area contributed by atoms with Gasteiger partial charge in [0, 0.05) is 27.1 Å². The maximum atomic E-state index is 11.5. The van der Waals surface area contributed by atoms with Crippen LogP contribution in [0.15, 0.2) is 0 Å². The first-order chi connectivity index (χ1) is 12.7. The Morgan fingerprint density at radius 3 is 1.31 bits per heavy atom. The molecule has 0 aliphatic heterocycles. The van der Waals surface area contributed by atoms with Crippen molar-refractivity contribution in [3.8, 4) is 0 Å². The normalized spacial score (nSPS) is 10.7. The van der Waals surface area contributed by atoms with Crippen LogP contribution in [-0.4, -0.2) is 79.0 Å². The summed E-state index contributed by atoms with van der Waals surface area (Å²) in [4.78, 5) is 23.0. The second kappa shape index (κ2) is 20.1. The van der Waals surface area contributed by atoms with E-state index >= 15 is 0 Å². The van der Waals surface area contributed by atoms with Gasteiger partial charge >= 0.3 is 11.9 Å². The van der Waals surface area contributed by atoms with Gasteiger partial charge in [-0.25, -0.2) is 0 Å². The zero-order valence-electron chi connectivity index (χ0n) is 16.2. The Hall–Kier alpha value is -1.22. The molecule has 0 aliphatic rings. The van der Waals surface area contributed by atoms with E-state index < -0.39 is 0 Å². The first-order valence-electron chi connectivity index (χ1n) is 9.15. The van der Waals surface area contributed by atoms with E-state index in [9.17, 15) is 9.59 Å². The lowest BCUT2D eigenvalue weighted by Crippen LogP contribution is -2.12. The van der Waals surface area contributed by atoms with Crippen molar-refractivity contribution in [3.05, 3.63) is 0 Å². The molecule has 0 aromatic carbocycles. The molecule has 0 aliphatic carbocycles. The standard InChI is InChI=1S/C18H34O8/c1-21-9-11-23-13-15-25-17(19)7-5-3-4-6-8-18(20)26-16-14-24-12-10-22-2/h3-16H2,1-2H3. The van der Waals surface area contributed by atoms with Crippen molar-refractivity contribution in [1.29, 1.82) is 0 Å². The third-order valence-corrected chi connectivity index (χ3v) is 3.36. The molecule has 0 aromatic rings. The Morgan fingerprint density at radius 2 is 0.923 bits per heavy atom. The Balaban J connectivity index is 3.28. The molecule has 0 bridgehead atoms. The molecular weight excluding hydrogens is 344 g/mol. The first-order valence-corrected chi connectivity index (χ1v) is 9.15. The van der Waals surface area contributed by atoms with E-state index in [2.05, 4.69) is 0 Å². The zero-order valence-corrected chi connectivity index (χ0v) is 16.2. The van der Waals surface area contributed by atoms with E-state index in [-0.39, 0.29) is 25.2 Å². The van der Waals surface area contributed by atoms with Gasteiger partial charge in [0.05, 0.1) is 39.6 Å². The van der Waals surface area contributed by atoms with Crippen LogP contribution < -0.4 is 0 Å². The molecule has 8 heteroatoms. The van der Waals surface area contributed by atoms with Crippen LogP contribution in [-0.2, 0) is 38.0 Å². The molecule has 0 spiro atoms. The van der Waals surface area contributed by atoms with Crippen molar-refractivity contribution in [2.24, 2.45) is 0 Å². The topological polar surface area (TPSA) is 89.5 Å². The molecule has 0 fully saturated rings. The average Bonchev–Trinajstić information content (AvgIpc) is 2.63. The number of hydrogen-bond donors (Lipinski definition) is 0. The van der Waals surface area contributed by atoms with E-state index in [1.54, 1.807) is 14.2 Å². The maximum Gasteiger partial charge on any atom is 0.305 e. The van der Waals surface area contributed by atoms with Gasteiger partial charge in [0.2, 0.25) is 0 Å². The number of ether oxygens (including phenoxy) is 6. The highest BCUT2D eigenvalue weighted by Gasteiger charge is 2.05. The van der Waals surface area contributed by atoms with Crippen LogP contribution in [0.5, 0.6) is 0 Å². The van der Waals surface area contributed by atoms with Crippen LogP contribution in [0, 0.1) is 0 Å². The highest BCUT2D eigenvalue weighted by molar-refractivity contribution is 5.69. The molecule has 26 heavy (non-hydrogen) atoms. The number of unbranched alkanes of at least 4 members (excludes halogenated alkanes) is 3. The zero-order chi connectivity index (χ0) is 19.3. The average molecular weight is 378 g/mol. The van der Waals surface area contributed by atoms with Gasteiger partial charge in [0.1, 0.15) is 13.2 Å². The summed E-state index contributed by atoms with van der Waals surface area (Å²) in [5.41, 5.74) is 0. The van der Waals surface area contributed by atoms with Gasteiger partial charge in [-0.1, -0.05) is 12.8 Å². The van der Waals surface area contributed by atoms with E-state index in [4.69, 9.17) is 28.4 Å². The number of carbonyl (C=O) groups is 2. The molecule has 0 N–H and O–H groups in total. The minimum Gasteiger partial charge on any atom is -0.463 e. The Labute approximate surface area is 156 Å². The summed E-state index contributed by atoms with van der Waals surface area (Å²) in [6.07, 6.45) is 4.06. The molecule has 154 valence electrons. The van der Waals surface area contributed by atoms with Crippen LogP contribution >= 0.6 is 0 Å². The van der Waals surface area contributed by atoms with Crippen LogP contribution in [0.3, 0.4) is 0 Å². The van der Waals surface area contributed by atoms with Crippen LogP contribution in [0.25, 0.3) is 0 Å². The molecule has 0 unspecified atom stereocenters.